The highest BCUT2D eigenvalue weighted by molar-refractivity contribution is 5.91. The number of carbonyl (C=O) groups excluding carboxylic acids is 2. The Hall–Kier alpha value is -1.40. The van der Waals surface area contributed by atoms with E-state index < -0.39 is 24.1 Å². The zero-order valence-corrected chi connectivity index (χ0v) is 16.9. The van der Waals surface area contributed by atoms with E-state index in [0.717, 1.165) is 63.5 Å². The lowest BCUT2D eigenvalue weighted by Gasteiger charge is -2.26. The fourth-order valence-electron chi connectivity index (χ4n) is 4.30. The van der Waals surface area contributed by atoms with Gasteiger partial charge in [-0.05, 0) is 37.5 Å². The van der Waals surface area contributed by atoms with Crippen molar-refractivity contribution in [3.8, 4) is 0 Å². The zero-order chi connectivity index (χ0) is 20.2. The number of carbonyl (C=O) groups is 2. The van der Waals surface area contributed by atoms with Gasteiger partial charge in [0.25, 0.3) is 0 Å². The average Bonchev–Trinajstić information content (AvgIpc) is 2.73. The van der Waals surface area contributed by atoms with E-state index in [0.29, 0.717) is 24.7 Å². The van der Waals surface area contributed by atoms with Gasteiger partial charge in [-0.25, -0.2) is 9.59 Å². The molecule has 6 heteroatoms. The van der Waals surface area contributed by atoms with Gasteiger partial charge in [0.15, 0.2) is 0 Å². The number of aliphatic hydroxyl groups is 2. The maximum absolute atomic E-state index is 11.7. The van der Waals surface area contributed by atoms with Crippen LogP contribution in [0.3, 0.4) is 0 Å². The molecule has 160 valence electrons. The third-order valence-electron chi connectivity index (χ3n) is 6.06. The fraction of sp³-hybridized carbons (Fsp3) is 0.818. The van der Waals surface area contributed by atoms with E-state index in [4.69, 9.17) is 9.47 Å². The molecule has 0 heterocycles. The number of hydrogen-bond acceptors (Lipinski definition) is 6. The van der Waals surface area contributed by atoms with Crippen LogP contribution in [0, 0.1) is 11.8 Å². The second-order valence-electron chi connectivity index (χ2n) is 8.18. The number of rotatable bonds is 10. The van der Waals surface area contributed by atoms with Crippen LogP contribution in [0.5, 0.6) is 0 Å². The zero-order valence-electron chi connectivity index (χ0n) is 16.9. The summed E-state index contributed by atoms with van der Waals surface area (Å²) in [4.78, 5) is 23.3. The first-order chi connectivity index (χ1) is 13.6. The number of aliphatic hydroxyl groups excluding tert-OH is 2. The van der Waals surface area contributed by atoms with Crippen molar-refractivity contribution >= 4 is 11.9 Å². The van der Waals surface area contributed by atoms with Crippen molar-refractivity contribution in [2.75, 3.05) is 13.2 Å². The van der Waals surface area contributed by atoms with Gasteiger partial charge < -0.3 is 19.7 Å². The Morgan fingerprint density at radius 3 is 1.43 bits per heavy atom. The molecule has 0 radical (unpaired) electrons. The molecule has 0 aromatic rings. The number of esters is 2. The Morgan fingerprint density at radius 2 is 1.07 bits per heavy atom. The first kappa shape index (κ1) is 22.9. The van der Waals surface area contributed by atoms with E-state index in [1.54, 1.807) is 0 Å². The summed E-state index contributed by atoms with van der Waals surface area (Å²) in [5, 5.41) is 20.3. The predicted molar refractivity (Wildman–Crippen MR) is 105 cm³/mol. The summed E-state index contributed by atoms with van der Waals surface area (Å²) in [5.74, 6) is -0.617. The average molecular weight is 397 g/mol. The molecule has 28 heavy (non-hydrogen) atoms. The molecule has 6 nitrogen and oxygen atoms in total. The van der Waals surface area contributed by atoms with Crippen molar-refractivity contribution in [1.82, 2.24) is 0 Å². The summed E-state index contributed by atoms with van der Waals surface area (Å²) in [5.41, 5.74) is 0. The molecule has 0 bridgehead atoms. The smallest absolute Gasteiger partial charge is 0.331 e. The normalized spacial score (nSPS) is 21.4. The molecule has 2 aliphatic carbocycles. The molecule has 2 saturated carbocycles. The lowest BCUT2D eigenvalue weighted by Crippen LogP contribution is -2.25. The summed E-state index contributed by atoms with van der Waals surface area (Å²) >= 11 is 0. The lowest BCUT2D eigenvalue weighted by atomic mass is 9.84. The summed E-state index contributed by atoms with van der Waals surface area (Å²) in [7, 11) is 0. The first-order valence-electron chi connectivity index (χ1n) is 10.9. The highest BCUT2D eigenvalue weighted by atomic mass is 16.5. The van der Waals surface area contributed by atoms with E-state index in [9.17, 15) is 19.8 Å². The van der Waals surface area contributed by atoms with Gasteiger partial charge in [0.1, 0.15) is 0 Å². The second kappa shape index (κ2) is 12.9. The molecule has 2 unspecified atom stereocenters. The van der Waals surface area contributed by atoms with Gasteiger partial charge in [-0.15, -0.1) is 0 Å². The molecule has 0 saturated heterocycles. The van der Waals surface area contributed by atoms with Crippen LogP contribution < -0.4 is 0 Å². The van der Waals surface area contributed by atoms with E-state index in [1.165, 1.54) is 12.8 Å². The van der Waals surface area contributed by atoms with Crippen LogP contribution in [-0.4, -0.2) is 47.6 Å². The van der Waals surface area contributed by atoms with E-state index in [2.05, 4.69) is 0 Å². The monoisotopic (exact) mass is 396 g/mol. The minimum absolute atomic E-state index is 0.142. The quantitative estimate of drug-likeness (QED) is 0.435. The minimum atomic E-state index is -0.616. The van der Waals surface area contributed by atoms with Crippen LogP contribution in [0.4, 0.5) is 0 Å². The largest absolute Gasteiger partial charge is 0.462 e. The third kappa shape index (κ3) is 8.74. The molecule has 0 aromatic carbocycles. The standard InChI is InChI=1S/C22H36O6/c23-19(17-7-3-1-4-8-17)13-15-27-21(25)11-12-22(26)28-16-14-20(24)18-9-5-2-6-10-18/h11-12,17-20,23-24H,1-10,13-16H2/b12-11-. The van der Waals surface area contributed by atoms with E-state index in [1.807, 2.05) is 0 Å². The Labute approximate surface area is 168 Å². The van der Waals surface area contributed by atoms with Crippen molar-refractivity contribution in [2.24, 2.45) is 11.8 Å². The van der Waals surface area contributed by atoms with Crippen LogP contribution in [0.25, 0.3) is 0 Å². The molecular formula is C22H36O6. The molecule has 0 aromatic heterocycles. The SMILES string of the molecule is O=C(/C=C\C(=O)OCCC(O)C1CCCCC1)OCCC(O)C1CCCCC1. The summed E-state index contributed by atoms with van der Waals surface area (Å²) < 4.78 is 10.1. The minimum Gasteiger partial charge on any atom is -0.462 e. The van der Waals surface area contributed by atoms with Crippen LogP contribution in [-0.2, 0) is 19.1 Å². The van der Waals surface area contributed by atoms with Gasteiger partial charge in [-0.3, -0.25) is 0 Å². The Morgan fingerprint density at radius 1 is 0.714 bits per heavy atom. The summed E-state index contributed by atoms with van der Waals surface area (Å²) in [6.07, 6.45) is 13.3. The first-order valence-corrected chi connectivity index (χ1v) is 10.9. The van der Waals surface area contributed by atoms with Crippen LogP contribution in [0.15, 0.2) is 12.2 Å². The maximum atomic E-state index is 11.7. The van der Waals surface area contributed by atoms with Gasteiger partial charge in [0.05, 0.1) is 25.4 Å². The Bertz CT molecular complexity index is 447. The molecule has 0 spiro atoms. The third-order valence-corrected chi connectivity index (χ3v) is 6.06. The number of ether oxygens (including phenoxy) is 2. The fourth-order valence-corrected chi connectivity index (χ4v) is 4.30. The Balaban J connectivity index is 1.53. The topological polar surface area (TPSA) is 93.1 Å². The predicted octanol–water partition coefficient (Wildman–Crippen LogP) is 3.29. The summed E-state index contributed by atoms with van der Waals surface area (Å²) in [6, 6.07) is 0. The molecule has 2 N–H and O–H groups in total. The van der Waals surface area contributed by atoms with E-state index in [-0.39, 0.29) is 13.2 Å². The molecule has 0 aliphatic heterocycles. The maximum Gasteiger partial charge on any atom is 0.331 e. The van der Waals surface area contributed by atoms with Crippen LogP contribution in [0.1, 0.15) is 77.0 Å². The second-order valence-corrected chi connectivity index (χ2v) is 8.18. The molecule has 2 fully saturated rings. The lowest BCUT2D eigenvalue weighted by molar-refractivity contribution is -0.141. The van der Waals surface area contributed by atoms with Crippen LogP contribution in [0.2, 0.25) is 0 Å². The van der Waals surface area contributed by atoms with Crippen molar-refractivity contribution in [3.05, 3.63) is 12.2 Å². The van der Waals surface area contributed by atoms with Crippen molar-refractivity contribution < 1.29 is 29.3 Å². The van der Waals surface area contributed by atoms with Crippen molar-refractivity contribution in [3.63, 3.8) is 0 Å². The molecular weight excluding hydrogens is 360 g/mol. The van der Waals surface area contributed by atoms with Gasteiger partial charge in [0.2, 0.25) is 0 Å². The molecule has 2 aliphatic rings. The highest BCUT2D eigenvalue weighted by Crippen LogP contribution is 2.28. The Kier molecular flexibility index (Phi) is 10.6. The number of hydrogen-bond donors (Lipinski definition) is 2. The van der Waals surface area contributed by atoms with Crippen LogP contribution >= 0.6 is 0 Å². The van der Waals surface area contributed by atoms with E-state index >= 15 is 0 Å². The molecule has 0 amide bonds. The van der Waals surface area contributed by atoms with Gasteiger partial charge in [0, 0.05) is 25.0 Å². The molecule has 2 atom stereocenters. The van der Waals surface area contributed by atoms with Gasteiger partial charge in [-0.1, -0.05) is 38.5 Å². The van der Waals surface area contributed by atoms with Crippen molar-refractivity contribution in [2.45, 2.75) is 89.3 Å². The molecule has 2 rings (SSSR count). The summed E-state index contributed by atoms with van der Waals surface area (Å²) in [6.45, 7) is 0.285. The van der Waals surface area contributed by atoms with Crippen molar-refractivity contribution in [1.29, 1.82) is 0 Å². The highest BCUT2D eigenvalue weighted by Gasteiger charge is 2.22. The van der Waals surface area contributed by atoms with Gasteiger partial charge in [-0.2, -0.15) is 0 Å². The van der Waals surface area contributed by atoms with Gasteiger partial charge >= 0.3 is 11.9 Å².